The quantitative estimate of drug-likeness (QED) is 0.824. The Kier molecular flexibility index (Phi) is 4.53. The number of carbonyl (C=O) groups excluding carboxylic acids is 2. The number of benzene rings is 2. The fourth-order valence-electron chi connectivity index (χ4n) is 2.52. The van der Waals surface area contributed by atoms with Gasteiger partial charge in [0.05, 0.1) is 5.69 Å². The zero-order chi connectivity index (χ0) is 17.3. The van der Waals surface area contributed by atoms with Crippen molar-refractivity contribution in [2.24, 2.45) is 0 Å². The van der Waals surface area contributed by atoms with Crippen molar-refractivity contribution in [1.82, 2.24) is 5.32 Å². The molecule has 7 heteroatoms. The number of fused-ring (bicyclic) bond motifs is 1. The molecule has 1 heterocycles. The molecule has 0 fully saturated rings. The van der Waals surface area contributed by atoms with Crippen LogP contribution in [0.1, 0.15) is 17.2 Å². The molecule has 2 N–H and O–H groups in total. The number of rotatable bonds is 2. The van der Waals surface area contributed by atoms with Gasteiger partial charge in [0.15, 0.2) is 6.61 Å². The van der Waals surface area contributed by atoms with Crippen molar-refractivity contribution in [3.63, 3.8) is 0 Å². The van der Waals surface area contributed by atoms with Crippen LogP contribution in [-0.4, -0.2) is 18.4 Å². The van der Waals surface area contributed by atoms with E-state index in [4.69, 9.17) is 4.74 Å². The number of hydrogen-bond acceptors (Lipinski definition) is 3. The highest BCUT2D eigenvalue weighted by Gasteiger charge is 2.30. The number of aryl methyl sites for hydroxylation is 1. The standard InChI is InChI=1S/C17H14BrFN2O3/c1-9-3-2-4-11-15(21-14(22)8-24-16(9)11)17(23)20-13-6-5-10(18)7-12(13)19/h2-7,15H,8H2,1H3,(H,20,23)(H,21,22). The summed E-state index contributed by atoms with van der Waals surface area (Å²) in [5, 5.41) is 5.12. The second-order valence-corrected chi connectivity index (χ2v) is 6.31. The molecule has 2 aromatic carbocycles. The van der Waals surface area contributed by atoms with Gasteiger partial charge in [-0.1, -0.05) is 34.1 Å². The number of nitrogens with one attached hydrogen (secondary N) is 2. The van der Waals surface area contributed by atoms with Crippen molar-refractivity contribution in [1.29, 1.82) is 0 Å². The fraction of sp³-hybridized carbons (Fsp3) is 0.176. The Morgan fingerprint density at radius 2 is 2.17 bits per heavy atom. The maximum absolute atomic E-state index is 13.9. The highest BCUT2D eigenvalue weighted by molar-refractivity contribution is 9.10. The monoisotopic (exact) mass is 392 g/mol. The average molecular weight is 393 g/mol. The van der Waals surface area contributed by atoms with Gasteiger partial charge in [-0.15, -0.1) is 0 Å². The van der Waals surface area contributed by atoms with Crippen molar-refractivity contribution in [3.05, 3.63) is 57.8 Å². The minimum Gasteiger partial charge on any atom is -0.483 e. The van der Waals surface area contributed by atoms with Crippen molar-refractivity contribution in [2.45, 2.75) is 13.0 Å². The lowest BCUT2D eigenvalue weighted by atomic mass is 10.0. The summed E-state index contributed by atoms with van der Waals surface area (Å²) >= 11 is 3.16. The van der Waals surface area contributed by atoms with E-state index < -0.39 is 23.7 Å². The minimum absolute atomic E-state index is 0.0387. The van der Waals surface area contributed by atoms with Crippen LogP contribution in [0.15, 0.2) is 40.9 Å². The second-order valence-electron chi connectivity index (χ2n) is 5.40. The van der Waals surface area contributed by atoms with E-state index in [9.17, 15) is 14.0 Å². The van der Waals surface area contributed by atoms with Crippen molar-refractivity contribution in [3.8, 4) is 5.75 Å². The molecule has 0 saturated heterocycles. The van der Waals surface area contributed by atoms with Gasteiger partial charge in [-0.2, -0.15) is 0 Å². The van der Waals surface area contributed by atoms with Crippen LogP contribution >= 0.6 is 15.9 Å². The maximum Gasteiger partial charge on any atom is 0.258 e. The zero-order valence-electron chi connectivity index (χ0n) is 12.7. The van der Waals surface area contributed by atoms with Crippen LogP contribution in [0.25, 0.3) is 0 Å². The molecular formula is C17H14BrFN2O3. The van der Waals surface area contributed by atoms with E-state index in [0.717, 1.165) is 5.56 Å². The van der Waals surface area contributed by atoms with E-state index >= 15 is 0 Å². The molecule has 0 radical (unpaired) electrons. The van der Waals surface area contributed by atoms with E-state index in [1.165, 1.54) is 12.1 Å². The lowest BCUT2D eigenvalue weighted by molar-refractivity contribution is -0.127. The number of hydrogen-bond donors (Lipinski definition) is 2. The molecule has 124 valence electrons. The van der Waals surface area contributed by atoms with E-state index in [0.29, 0.717) is 15.8 Å². The SMILES string of the molecule is Cc1cccc2c1OCC(=O)NC2C(=O)Nc1ccc(Br)cc1F. The van der Waals surface area contributed by atoms with E-state index in [1.54, 1.807) is 18.2 Å². The van der Waals surface area contributed by atoms with Crippen LogP contribution in [-0.2, 0) is 9.59 Å². The van der Waals surface area contributed by atoms with Gasteiger partial charge in [-0.25, -0.2) is 4.39 Å². The van der Waals surface area contributed by atoms with Gasteiger partial charge in [-0.3, -0.25) is 9.59 Å². The molecule has 1 unspecified atom stereocenters. The van der Waals surface area contributed by atoms with Gasteiger partial charge in [0.2, 0.25) is 0 Å². The smallest absolute Gasteiger partial charge is 0.258 e. The number of ether oxygens (including phenoxy) is 1. The third kappa shape index (κ3) is 3.26. The van der Waals surface area contributed by atoms with E-state index in [2.05, 4.69) is 26.6 Å². The zero-order valence-corrected chi connectivity index (χ0v) is 14.3. The number of halogens is 2. The number of carbonyl (C=O) groups is 2. The Balaban J connectivity index is 1.93. The van der Waals surface area contributed by atoms with E-state index in [-0.39, 0.29) is 12.3 Å². The Labute approximate surface area is 146 Å². The highest BCUT2D eigenvalue weighted by atomic mass is 79.9. The topological polar surface area (TPSA) is 67.4 Å². The third-order valence-corrected chi connectivity index (χ3v) is 4.15. The molecule has 1 aliphatic rings. The predicted molar refractivity (Wildman–Crippen MR) is 90.3 cm³/mol. The molecule has 24 heavy (non-hydrogen) atoms. The largest absolute Gasteiger partial charge is 0.483 e. The molecule has 2 amide bonds. The Morgan fingerprint density at radius 3 is 2.92 bits per heavy atom. The van der Waals surface area contributed by atoms with Gasteiger partial charge >= 0.3 is 0 Å². The summed E-state index contributed by atoms with van der Waals surface area (Å²) in [6, 6.07) is 8.67. The molecular weight excluding hydrogens is 379 g/mol. The Morgan fingerprint density at radius 1 is 1.38 bits per heavy atom. The summed E-state index contributed by atoms with van der Waals surface area (Å²) in [4.78, 5) is 24.5. The average Bonchev–Trinajstić information content (AvgIpc) is 2.70. The first kappa shape index (κ1) is 16.4. The molecule has 0 aromatic heterocycles. The van der Waals surface area contributed by atoms with Crippen LogP contribution in [0.5, 0.6) is 5.75 Å². The first-order chi connectivity index (χ1) is 11.5. The van der Waals surface area contributed by atoms with Crippen molar-refractivity contribution in [2.75, 3.05) is 11.9 Å². The molecule has 5 nitrogen and oxygen atoms in total. The summed E-state index contributed by atoms with van der Waals surface area (Å²) in [5.74, 6) is -1.03. The van der Waals surface area contributed by atoms with Gasteiger partial charge in [0, 0.05) is 10.0 Å². The molecule has 0 saturated carbocycles. The lowest BCUT2D eigenvalue weighted by Gasteiger charge is -2.18. The summed E-state index contributed by atoms with van der Waals surface area (Å²) in [7, 11) is 0. The number of anilines is 1. The van der Waals surface area contributed by atoms with E-state index in [1.807, 2.05) is 13.0 Å². The first-order valence-electron chi connectivity index (χ1n) is 7.23. The van der Waals surface area contributed by atoms with Crippen LogP contribution in [0.3, 0.4) is 0 Å². The van der Waals surface area contributed by atoms with Crippen LogP contribution in [0.2, 0.25) is 0 Å². The minimum atomic E-state index is -0.960. The molecule has 3 rings (SSSR count). The summed E-state index contributed by atoms with van der Waals surface area (Å²) in [6.45, 7) is 1.66. The molecule has 0 spiro atoms. The lowest BCUT2D eigenvalue weighted by Crippen LogP contribution is -2.37. The molecule has 2 aromatic rings. The van der Waals surface area contributed by atoms with Gasteiger partial charge in [-0.05, 0) is 30.7 Å². The maximum atomic E-state index is 13.9. The van der Waals surface area contributed by atoms with Crippen LogP contribution in [0, 0.1) is 12.7 Å². The fourth-order valence-corrected chi connectivity index (χ4v) is 2.85. The second kappa shape index (κ2) is 6.60. The van der Waals surface area contributed by atoms with Crippen LogP contribution in [0.4, 0.5) is 10.1 Å². The summed E-state index contributed by atoms with van der Waals surface area (Å²) in [5.41, 5.74) is 1.39. The highest BCUT2D eigenvalue weighted by Crippen LogP contribution is 2.31. The van der Waals surface area contributed by atoms with Crippen molar-refractivity contribution < 1.29 is 18.7 Å². The third-order valence-electron chi connectivity index (χ3n) is 3.66. The molecule has 1 aliphatic heterocycles. The summed E-state index contributed by atoms with van der Waals surface area (Å²) in [6.07, 6.45) is 0. The first-order valence-corrected chi connectivity index (χ1v) is 8.02. The number of para-hydroxylation sites is 1. The Bertz CT molecular complexity index is 825. The number of amides is 2. The summed E-state index contributed by atoms with van der Waals surface area (Å²) < 4.78 is 20.0. The normalized spacial score (nSPS) is 16.5. The van der Waals surface area contributed by atoms with Crippen molar-refractivity contribution >= 4 is 33.4 Å². The predicted octanol–water partition coefficient (Wildman–Crippen LogP) is 3.09. The van der Waals surface area contributed by atoms with Gasteiger partial charge < -0.3 is 15.4 Å². The molecule has 1 atom stereocenters. The van der Waals surface area contributed by atoms with Gasteiger partial charge in [0.25, 0.3) is 11.8 Å². The Hall–Kier alpha value is -2.41. The van der Waals surface area contributed by atoms with Gasteiger partial charge in [0.1, 0.15) is 17.6 Å². The molecule has 0 bridgehead atoms. The molecule has 0 aliphatic carbocycles. The van der Waals surface area contributed by atoms with Crippen LogP contribution < -0.4 is 15.4 Å².